The zero-order valence-electron chi connectivity index (χ0n) is 13.5. The molecule has 0 bridgehead atoms. The lowest BCUT2D eigenvalue weighted by Crippen LogP contribution is -2.47. The Balaban J connectivity index is 1.60. The minimum Gasteiger partial charge on any atom is -0.383 e. The van der Waals surface area contributed by atoms with Crippen molar-refractivity contribution in [3.05, 3.63) is 30.1 Å². The van der Waals surface area contributed by atoms with Crippen LogP contribution >= 0.6 is 0 Å². The number of piperidine rings is 1. The topological polar surface area (TPSA) is 62.7 Å². The summed E-state index contributed by atoms with van der Waals surface area (Å²) in [7, 11) is 1.65. The van der Waals surface area contributed by atoms with Gasteiger partial charge >= 0.3 is 0 Å². The van der Waals surface area contributed by atoms with Gasteiger partial charge in [0, 0.05) is 39.5 Å². The van der Waals surface area contributed by atoms with Crippen LogP contribution in [0, 0.1) is 5.41 Å². The molecule has 124 valence electrons. The quantitative estimate of drug-likeness (QED) is 0.837. The molecule has 0 radical (unpaired) electrons. The summed E-state index contributed by atoms with van der Waals surface area (Å²) in [6.07, 6.45) is 4.01. The largest absolute Gasteiger partial charge is 0.383 e. The Morgan fingerprint density at radius 1 is 1.26 bits per heavy atom. The van der Waals surface area contributed by atoms with Crippen LogP contribution in [0.25, 0.3) is 0 Å². The number of hydrogen-bond donors (Lipinski definition) is 0. The number of methoxy groups -OCH3 is 1. The average molecular weight is 317 g/mol. The van der Waals surface area contributed by atoms with E-state index in [-0.39, 0.29) is 17.2 Å². The Labute approximate surface area is 136 Å². The summed E-state index contributed by atoms with van der Waals surface area (Å²) in [5.41, 5.74) is 0.206. The van der Waals surface area contributed by atoms with Crippen molar-refractivity contribution < 1.29 is 14.3 Å². The van der Waals surface area contributed by atoms with E-state index < -0.39 is 0 Å². The van der Waals surface area contributed by atoms with Gasteiger partial charge in [-0.25, -0.2) is 0 Å². The average Bonchev–Trinajstić information content (AvgIpc) is 2.90. The molecule has 3 rings (SSSR count). The summed E-state index contributed by atoms with van der Waals surface area (Å²) >= 11 is 0. The Bertz CT molecular complexity index is 568. The summed E-state index contributed by atoms with van der Waals surface area (Å²) in [6.45, 7) is 3.29. The van der Waals surface area contributed by atoms with E-state index in [1.54, 1.807) is 25.4 Å². The lowest BCUT2D eigenvalue weighted by atomic mass is 9.77. The predicted octanol–water partition coefficient (Wildman–Crippen LogP) is 1.18. The highest BCUT2D eigenvalue weighted by Gasteiger charge is 2.48. The normalized spacial score (nSPS) is 20.3. The maximum atomic E-state index is 12.7. The van der Waals surface area contributed by atoms with E-state index in [1.807, 2.05) is 15.9 Å². The first-order valence-corrected chi connectivity index (χ1v) is 8.15. The molecule has 23 heavy (non-hydrogen) atoms. The van der Waals surface area contributed by atoms with Crippen LogP contribution in [0.15, 0.2) is 24.4 Å². The number of carbonyl (C=O) groups is 2. The highest BCUT2D eigenvalue weighted by atomic mass is 16.5. The third-order valence-electron chi connectivity index (χ3n) is 5.06. The van der Waals surface area contributed by atoms with E-state index in [1.165, 1.54) is 0 Å². The van der Waals surface area contributed by atoms with Gasteiger partial charge in [-0.1, -0.05) is 6.07 Å². The minimum atomic E-state index is -0.269. The monoisotopic (exact) mass is 317 g/mol. The van der Waals surface area contributed by atoms with Crippen molar-refractivity contribution in [1.29, 1.82) is 0 Å². The molecule has 1 aromatic heterocycles. The van der Waals surface area contributed by atoms with Crippen LogP contribution in [0.2, 0.25) is 0 Å². The molecule has 1 spiro atoms. The molecular formula is C17H23N3O3. The molecule has 2 aliphatic heterocycles. The van der Waals surface area contributed by atoms with E-state index in [9.17, 15) is 9.59 Å². The van der Waals surface area contributed by atoms with Crippen molar-refractivity contribution in [2.75, 3.05) is 39.9 Å². The number of pyridine rings is 1. The number of aromatic nitrogens is 1. The van der Waals surface area contributed by atoms with Gasteiger partial charge in [0.05, 0.1) is 12.0 Å². The molecule has 6 heteroatoms. The highest BCUT2D eigenvalue weighted by molar-refractivity contribution is 5.92. The van der Waals surface area contributed by atoms with Crippen LogP contribution in [0.3, 0.4) is 0 Å². The molecule has 2 fully saturated rings. The number of likely N-dealkylation sites (tertiary alicyclic amines) is 2. The molecule has 1 aromatic rings. The van der Waals surface area contributed by atoms with E-state index in [2.05, 4.69) is 4.98 Å². The fourth-order valence-electron chi connectivity index (χ4n) is 3.56. The molecule has 0 aliphatic carbocycles. The van der Waals surface area contributed by atoms with Crippen molar-refractivity contribution >= 4 is 11.8 Å². The fraction of sp³-hybridized carbons (Fsp3) is 0.588. The molecule has 0 N–H and O–H groups in total. The number of ether oxygens (including phenoxy) is 1. The zero-order valence-corrected chi connectivity index (χ0v) is 13.5. The summed E-state index contributed by atoms with van der Waals surface area (Å²) in [4.78, 5) is 33.0. The first-order chi connectivity index (χ1) is 11.2. The van der Waals surface area contributed by atoms with Crippen LogP contribution in [0.4, 0.5) is 0 Å². The summed E-state index contributed by atoms with van der Waals surface area (Å²) in [6, 6.07) is 5.35. The molecule has 0 saturated carbocycles. The third kappa shape index (κ3) is 3.08. The van der Waals surface area contributed by atoms with Gasteiger partial charge in [0.25, 0.3) is 5.91 Å². The van der Waals surface area contributed by atoms with Crippen molar-refractivity contribution in [3.8, 4) is 0 Å². The Kier molecular flexibility index (Phi) is 4.61. The van der Waals surface area contributed by atoms with Crippen molar-refractivity contribution in [2.45, 2.75) is 19.3 Å². The van der Waals surface area contributed by atoms with Gasteiger partial charge in [0.15, 0.2) is 0 Å². The van der Waals surface area contributed by atoms with Crippen LogP contribution in [-0.2, 0) is 9.53 Å². The van der Waals surface area contributed by atoms with Gasteiger partial charge in [-0.05, 0) is 31.4 Å². The molecule has 0 aromatic carbocycles. The predicted molar refractivity (Wildman–Crippen MR) is 84.9 cm³/mol. The first-order valence-electron chi connectivity index (χ1n) is 8.15. The van der Waals surface area contributed by atoms with E-state index in [4.69, 9.17) is 4.74 Å². The van der Waals surface area contributed by atoms with Crippen LogP contribution in [-0.4, -0.2) is 66.5 Å². The second kappa shape index (κ2) is 6.66. The van der Waals surface area contributed by atoms with Gasteiger partial charge < -0.3 is 14.5 Å². The smallest absolute Gasteiger partial charge is 0.272 e. The van der Waals surface area contributed by atoms with Crippen molar-refractivity contribution in [3.63, 3.8) is 0 Å². The summed E-state index contributed by atoms with van der Waals surface area (Å²) in [5.74, 6) is 0.196. The third-order valence-corrected chi connectivity index (χ3v) is 5.06. The number of carbonyl (C=O) groups excluding carboxylic acids is 2. The maximum absolute atomic E-state index is 12.7. The van der Waals surface area contributed by atoms with Gasteiger partial charge in [-0.3, -0.25) is 14.6 Å². The minimum absolute atomic E-state index is 0.0397. The lowest BCUT2D eigenvalue weighted by Gasteiger charge is -2.37. The number of nitrogens with zero attached hydrogens (tertiary/aromatic N) is 3. The Hall–Kier alpha value is -1.95. The molecule has 0 unspecified atom stereocenters. The zero-order chi connectivity index (χ0) is 16.3. The second-order valence-corrected chi connectivity index (χ2v) is 6.32. The fourth-order valence-corrected chi connectivity index (χ4v) is 3.56. The maximum Gasteiger partial charge on any atom is 0.272 e. The van der Waals surface area contributed by atoms with Crippen molar-refractivity contribution in [2.24, 2.45) is 5.41 Å². The van der Waals surface area contributed by atoms with Crippen LogP contribution < -0.4 is 0 Å². The van der Waals surface area contributed by atoms with Crippen LogP contribution in [0.1, 0.15) is 29.8 Å². The summed E-state index contributed by atoms with van der Waals surface area (Å²) in [5, 5.41) is 0. The first kappa shape index (κ1) is 15.9. The highest BCUT2D eigenvalue weighted by Crippen LogP contribution is 2.41. The van der Waals surface area contributed by atoms with Gasteiger partial charge in [0.2, 0.25) is 5.91 Å². The number of hydrogen-bond acceptors (Lipinski definition) is 4. The van der Waals surface area contributed by atoms with E-state index >= 15 is 0 Å². The second-order valence-electron chi connectivity index (χ2n) is 6.32. The molecular weight excluding hydrogens is 294 g/mol. The van der Waals surface area contributed by atoms with E-state index in [0.717, 1.165) is 25.8 Å². The Morgan fingerprint density at radius 3 is 2.65 bits per heavy atom. The van der Waals surface area contributed by atoms with Crippen molar-refractivity contribution in [1.82, 2.24) is 14.8 Å². The molecule has 3 heterocycles. The standard InChI is InChI=1S/C17H23N3O3/c1-23-13-12-20-11-7-17(16(20)22)5-9-19(10-6-17)15(21)14-4-2-3-8-18-14/h2-4,8H,5-7,9-13H2,1H3. The molecule has 2 aliphatic rings. The van der Waals surface area contributed by atoms with Gasteiger partial charge in [-0.2, -0.15) is 0 Å². The van der Waals surface area contributed by atoms with Crippen LogP contribution in [0.5, 0.6) is 0 Å². The molecule has 6 nitrogen and oxygen atoms in total. The van der Waals surface area contributed by atoms with Gasteiger partial charge in [0.1, 0.15) is 5.69 Å². The number of rotatable bonds is 4. The lowest BCUT2D eigenvalue weighted by molar-refractivity contribution is -0.138. The SMILES string of the molecule is COCCN1CCC2(CCN(C(=O)c3ccccn3)CC2)C1=O. The Morgan fingerprint density at radius 2 is 2.00 bits per heavy atom. The number of amides is 2. The summed E-state index contributed by atoms with van der Waals surface area (Å²) < 4.78 is 5.07. The molecule has 2 saturated heterocycles. The van der Waals surface area contributed by atoms with E-state index in [0.29, 0.717) is 31.9 Å². The van der Waals surface area contributed by atoms with Gasteiger partial charge in [-0.15, -0.1) is 0 Å². The molecule has 0 atom stereocenters. The molecule has 2 amide bonds.